The van der Waals surface area contributed by atoms with Gasteiger partial charge in [-0.25, -0.2) is 0 Å². The van der Waals surface area contributed by atoms with Gasteiger partial charge < -0.3 is 0 Å². The van der Waals surface area contributed by atoms with Gasteiger partial charge in [0.05, 0.1) is 0 Å². The molecule has 0 aromatic carbocycles. The van der Waals surface area contributed by atoms with Crippen LogP contribution in [0.25, 0.3) is 0 Å². The minimum absolute atomic E-state index is 0.00329. The van der Waals surface area contributed by atoms with Gasteiger partial charge in [0.2, 0.25) is 5.54 Å². The van der Waals surface area contributed by atoms with Crippen molar-refractivity contribution < 1.29 is 26.3 Å². The number of hydrogen-bond acceptors (Lipinski definition) is 1. The largest absolute Gasteiger partial charge is 0.415 e. The molecule has 1 heterocycles. The van der Waals surface area contributed by atoms with Gasteiger partial charge in [0, 0.05) is 6.04 Å². The molecule has 2 fully saturated rings. The average Bonchev–Trinajstić information content (AvgIpc) is 2.57. The number of fused-ring (bicyclic) bond motifs is 2. The Morgan fingerprint density at radius 2 is 1.47 bits per heavy atom. The van der Waals surface area contributed by atoms with Gasteiger partial charge >= 0.3 is 12.4 Å². The van der Waals surface area contributed by atoms with Gasteiger partial charge in [-0.1, -0.05) is 0 Å². The average molecular weight is 233 g/mol. The van der Waals surface area contributed by atoms with Crippen LogP contribution in [0.1, 0.15) is 19.3 Å². The van der Waals surface area contributed by atoms with E-state index in [4.69, 9.17) is 0 Å². The Morgan fingerprint density at radius 1 is 0.933 bits per heavy atom. The van der Waals surface area contributed by atoms with Crippen molar-refractivity contribution in [2.45, 2.75) is 43.2 Å². The molecule has 2 rings (SSSR count). The summed E-state index contributed by atoms with van der Waals surface area (Å²) in [5.41, 5.74) is -3.66. The van der Waals surface area contributed by atoms with Crippen molar-refractivity contribution in [2.24, 2.45) is 5.92 Å². The number of rotatable bonds is 0. The summed E-state index contributed by atoms with van der Waals surface area (Å²) >= 11 is 0. The summed E-state index contributed by atoms with van der Waals surface area (Å²) < 4.78 is 75.5. The SMILES string of the molecule is FC(F)(F)C1(C(F)(F)F)NC2CCC1C2. The summed E-state index contributed by atoms with van der Waals surface area (Å²) in [5, 5.41) is 1.73. The Hall–Kier alpha value is -0.460. The van der Waals surface area contributed by atoms with Crippen LogP contribution in [0.15, 0.2) is 0 Å². The lowest BCUT2D eigenvalue weighted by molar-refractivity contribution is -0.318. The van der Waals surface area contributed by atoms with Gasteiger partial charge in [-0.05, 0) is 25.2 Å². The first-order valence-electron chi connectivity index (χ1n) is 4.59. The first-order valence-corrected chi connectivity index (χ1v) is 4.59. The maximum absolute atomic E-state index is 12.6. The molecule has 2 bridgehead atoms. The van der Waals surface area contributed by atoms with Crippen molar-refractivity contribution in [1.29, 1.82) is 0 Å². The third kappa shape index (κ3) is 1.28. The fraction of sp³-hybridized carbons (Fsp3) is 1.00. The van der Waals surface area contributed by atoms with E-state index in [0.717, 1.165) is 0 Å². The highest BCUT2D eigenvalue weighted by atomic mass is 19.4. The first-order chi connectivity index (χ1) is 6.68. The van der Waals surface area contributed by atoms with E-state index in [1.54, 1.807) is 5.32 Å². The molecule has 1 saturated carbocycles. The lowest BCUT2D eigenvalue weighted by Gasteiger charge is -2.40. The topological polar surface area (TPSA) is 12.0 Å². The van der Waals surface area contributed by atoms with E-state index in [-0.39, 0.29) is 12.8 Å². The van der Waals surface area contributed by atoms with Crippen LogP contribution in [-0.2, 0) is 0 Å². The second-order valence-corrected chi connectivity index (χ2v) is 4.15. The summed E-state index contributed by atoms with van der Waals surface area (Å²) in [5.74, 6) is -1.36. The standard InChI is InChI=1S/C8H9F6N/c9-7(10,11)6(8(12,13)14)4-1-2-5(3-4)15-6/h4-5,15H,1-3H2. The van der Waals surface area contributed by atoms with E-state index >= 15 is 0 Å². The molecular formula is C8H9F6N. The highest BCUT2D eigenvalue weighted by Gasteiger charge is 2.77. The van der Waals surface area contributed by atoms with Crippen molar-refractivity contribution in [3.05, 3.63) is 0 Å². The predicted octanol–water partition coefficient (Wildman–Crippen LogP) is 2.62. The fourth-order valence-corrected chi connectivity index (χ4v) is 2.73. The molecule has 1 aliphatic carbocycles. The van der Waals surface area contributed by atoms with Crippen molar-refractivity contribution >= 4 is 0 Å². The smallest absolute Gasteiger partial charge is 0.293 e. The number of piperidine rings is 1. The van der Waals surface area contributed by atoms with Crippen LogP contribution in [0.2, 0.25) is 0 Å². The molecule has 15 heavy (non-hydrogen) atoms. The molecule has 7 heteroatoms. The van der Waals surface area contributed by atoms with Gasteiger partial charge in [0.25, 0.3) is 0 Å². The van der Waals surface area contributed by atoms with E-state index in [0.29, 0.717) is 6.42 Å². The Kier molecular flexibility index (Phi) is 2.07. The highest BCUT2D eigenvalue weighted by Crippen LogP contribution is 2.56. The second-order valence-electron chi connectivity index (χ2n) is 4.15. The van der Waals surface area contributed by atoms with Crippen molar-refractivity contribution in [2.75, 3.05) is 0 Å². The monoisotopic (exact) mass is 233 g/mol. The molecule has 88 valence electrons. The zero-order valence-electron chi connectivity index (χ0n) is 7.54. The molecule has 0 amide bonds. The van der Waals surface area contributed by atoms with Gasteiger partial charge in [-0.2, -0.15) is 26.3 Å². The van der Waals surface area contributed by atoms with E-state index in [1.807, 2.05) is 0 Å². The summed E-state index contributed by atoms with van der Waals surface area (Å²) in [4.78, 5) is 0. The molecule has 0 aromatic heterocycles. The molecule has 2 atom stereocenters. The number of nitrogens with one attached hydrogen (secondary N) is 1. The Labute approximate surface area is 81.8 Å². The molecule has 2 unspecified atom stereocenters. The van der Waals surface area contributed by atoms with Gasteiger partial charge in [0.1, 0.15) is 0 Å². The molecule has 0 radical (unpaired) electrons. The number of hydrogen-bond donors (Lipinski definition) is 1. The summed E-state index contributed by atoms with van der Waals surface area (Å²) in [6.45, 7) is 0. The van der Waals surface area contributed by atoms with Crippen molar-refractivity contribution in [3.8, 4) is 0 Å². The number of alkyl halides is 6. The highest BCUT2D eigenvalue weighted by molar-refractivity contribution is 5.15. The minimum Gasteiger partial charge on any atom is -0.293 e. The first kappa shape index (κ1) is 11.0. The zero-order chi connectivity index (χ0) is 11.5. The van der Waals surface area contributed by atoms with E-state index in [2.05, 4.69) is 0 Å². The molecule has 2 aliphatic rings. The Bertz CT molecular complexity index is 253. The number of halogens is 6. The molecule has 1 N–H and O–H groups in total. The van der Waals surface area contributed by atoms with Crippen LogP contribution in [0.5, 0.6) is 0 Å². The van der Waals surface area contributed by atoms with Crippen molar-refractivity contribution in [3.63, 3.8) is 0 Å². The summed E-state index contributed by atoms with van der Waals surface area (Å²) in [6.07, 6.45) is -10.2. The van der Waals surface area contributed by atoms with Crippen molar-refractivity contribution in [1.82, 2.24) is 5.32 Å². The van der Waals surface area contributed by atoms with Gasteiger partial charge in [0.15, 0.2) is 0 Å². The van der Waals surface area contributed by atoms with Gasteiger partial charge in [-0.15, -0.1) is 0 Å². The van der Waals surface area contributed by atoms with Crippen LogP contribution < -0.4 is 5.32 Å². The lowest BCUT2D eigenvalue weighted by Crippen LogP contribution is -2.68. The maximum atomic E-state index is 12.6. The van der Waals surface area contributed by atoms with E-state index in [9.17, 15) is 26.3 Å². The van der Waals surface area contributed by atoms with Crippen LogP contribution in [0.4, 0.5) is 26.3 Å². The zero-order valence-corrected chi connectivity index (χ0v) is 7.54. The third-order valence-electron chi connectivity index (χ3n) is 3.37. The molecule has 0 aromatic rings. The van der Waals surface area contributed by atoms with Crippen LogP contribution in [-0.4, -0.2) is 23.9 Å². The quantitative estimate of drug-likeness (QED) is 0.634. The Morgan fingerprint density at radius 3 is 1.67 bits per heavy atom. The van der Waals surface area contributed by atoms with Gasteiger partial charge in [-0.3, -0.25) is 5.32 Å². The van der Waals surface area contributed by atoms with Crippen LogP contribution in [0.3, 0.4) is 0 Å². The van der Waals surface area contributed by atoms with E-state index in [1.165, 1.54) is 0 Å². The van der Waals surface area contributed by atoms with E-state index < -0.39 is 29.9 Å². The molecule has 1 aliphatic heterocycles. The summed E-state index contributed by atoms with van der Waals surface area (Å²) in [7, 11) is 0. The minimum atomic E-state index is -5.27. The second kappa shape index (κ2) is 2.81. The molecule has 0 spiro atoms. The molecule has 1 saturated heterocycles. The fourth-order valence-electron chi connectivity index (χ4n) is 2.73. The third-order valence-corrected chi connectivity index (χ3v) is 3.37. The van der Waals surface area contributed by atoms with Crippen LogP contribution >= 0.6 is 0 Å². The summed E-state index contributed by atoms with van der Waals surface area (Å²) in [6, 6.07) is -0.641. The normalized spacial score (nSPS) is 34.8. The Balaban J connectivity index is 2.42. The predicted molar refractivity (Wildman–Crippen MR) is 39.1 cm³/mol. The molecular weight excluding hydrogens is 224 g/mol. The van der Waals surface area contributed by atoms with Crippen LogP contribution in [0, 0.1) is 5.92 Å². The maximum Gasteiger partial charge on any atom is 0.415 e. The molecule has 1 nitrogen and oxygen atoms in total. The lowest BCUT2D eigenvalue weighted by atomic mass is 9.82.